The minimum atomic E-state index is -0.634. The molecule has 1 N–H and O–H groups in total. The van der Waals surface area contributed by atoms with E-state index in [0.29, 0.717) is 19.5 Å². The van der Waals surface area contributed by atoms with Gasteiger partial charge in [-0.3, -0.25) is 9.48 Å². The fraction of sp³-hybridized carbons (Fsp3) is 0.429. The van der Waals surface area contributed by atoms with Gasteiger partial charge in [-0.1, -0.05) is 11.6 Å². The number of carbonyl (C=O) groups is 1. The van der Waals surface area contributed by atoms with E-state index in [9.17, 15) is 9.90 Å². The summed E-state index contributed by atoms with van der Waals surface area (Å²) in [4.78, 5) is 12.7. The number of ketones is 1. The molecule has 2 heterocycles. The molecule has 0 saturated carbocycles. The van der Waals surface area contributed by atoms with Gasteiger partial charge in [0.1, 0.15) is 0 Å². The van der Waals surface area contributed by atoms with Crippen molar-refractivity contribution in [2.75, 3.05) is 0 Å². The minimum absolute atomic E-state index is 0.186. The number of aliphatic hydroxyl groups excluding tert-OH is 1. The normalized spacial score (nSPS) is 15.4. The van der Waals surface area contributed by atoms with E-state index in [4.69, 9.17) is 0 Å². The van der Waals surface area contributed by atoms with Crippen LogP contribution in [0.4, 0.5) is 0 Å². The van der Waals surface area contributed by atoms with Crippen LogP contribution in [0, 0.1) is 20.8 Å². The highest BCUT2D eigenvalue weighted by atomic mass is 79.9. The average Bonchev–Trinajstić information content (AvgIpc) is 3.05. The van der Waals surface area contributed by atoms with Crippen molar-refractivity contribution in [2.24, 2.45) is 0 Å². The molecule has 27 heavy (non-hydrogen) atoms. The lowest BCUT2D eigenvalue weighted by Gasteiger charge is -2.18. The van der Waals surface area contributed by atoms with Gasteiger partial charge in [0.05, 0.1) is 35.1 Å². The molecule has 142 valence electrons. The number of aromatic nitrogens is 3. The van der Waals surface area contributed by atoms with E-state index in [1.807, 2.05) is 23.1 Å². The molecule has 1 unspecified atom stereocenters. The molecule has 6 heteroatoms. The second kappa shape index (κ2) is 6.91. The SMILES string of the molecule is Cc1ccc2c(c1)c1c(n2CC(O)Cn2nc(C)c(Br)c2C)C(=O)CCC1. The molecule has 3 aromatic rings. The second-order valence-corrected chi connectivity index (χ2v) is 8.35. The highest BCUT2D eigenvalue weighted by Crippen LogP contribution is 2.33. The second-order valence-electron chi connectivity index (χ2n) is 7.56. The van der Waals surface area contributed by atoms with E-state index in [1.54, 1.807) is 0 Å². The molecule has 1 aromatic carbocycles. The van der Waals surface area contributed by atoms with Crippen molar-refractivity contribution in [3.05, 3.63) is 50.9 Å². The van der Waals surface area contributed by atoms with Gasteiger partial charge in [-0.2, -0.15) is 5.10 Å². The Balaban J connectivity index is 1.72. The maximum atomic E-state index is 12.7. The highest BCUT2D eigenvalue weighted by Gasteiger charge is 2.27. The van der Waals surface area contributed by atoms with Crippen LogP contribution in [-0.2, 0) is 19.5 Å². The molecule has 0 radical (unpaired) electrons. The Morgan fingerprint density at radius 1 is 1.22 bits per heavy atom. The number of benzene rings is 1. The number of aryl methyl sites for hydroxylation is 3. The van der Waals surface area contributed by atoms with Gasteiger partial charge in [0.2, 0.25) is 0 Å². The lowest BCUT2D eigenvalue weighted by molar-refractivity contribution is 0.0952. The van der Waals surface area contributed by atoms with Crippen molar-refractivity contribution in [2.45, 2.75) is 59.2 Å². The van der Waals surface area contributed by atoms with E-state index in [-0.39, 0.29) is 5.78 Å². The van der Waals surface area contributed by atoms with Crippen molar-refractivity contribution >= 4 is 32.6 Å². The Morgan fingerprint density at radius 3 is 2.70 bits per heavy atom. The van der Waals surface area contributed by atoms with Crippen LogP contribution in [0.25, 0.3) is 10.9 Å². The van der Waals surface area contributed by atoms with Crippen molar-refractivity contribution in [3.63, 3.8) is 0 Å². The van der Waals surface area contributed by atoms with Crippen LogP contribution < -0.4 is 0 Å². The van der Waals surface area contributed by atoms with Gasteiger partial charge in [-0.25, -0.2) is 0 Å². The highest BCUT2D eigenvalue weighted by molar-refractivity contribution is 9.10. The maximum absolute atomic E-state index is 12.7. The molecule has 5 nitrogen and oxygen atoms in total. The van der Waals surface area contributed by atoms with E-state index < -0.39 is 6.10 Å². The number of aliphatic hydroxyl groups is 1. The zero-order chi connectivity index (χ0) is 19.3. The van der Waals surface area contributed by atoms with Crippen LogP contribution in [-0.4, -0.2) is 31.3 Å². The Hall–Kier alpha value is -1.92. The summed E-state index contributed by atoms with van der Waals surface area (Å²) >= 11 is 3.53. The first kappa shape index (κ1) is 18.4. The Kier molecular flexibility index (Phi) is 4.72. The first-order valence-corrected chi connectivity index (χ1v) is 10.2. The van der Waals surface area contributed by atoms with Crippen molar-refractivity contribution in [3.8, 4) is 0 Å². The van der Waals surface area contributed by atoms with Gasteiger partial charge in [-0.15, -0.1) is 0 Å². The molecule has 1 atom stereocenters. The summed E-state index contributed by atoms with van der Waals surface area (Å²) < 4.78 is 4.83. The summed E-state index contributed by atoms with van der Waals surface area (Å²) in [6.45, 7) is 6.78. The molecule has 1 aliphatic carbocycles. The fourth-order valence-corrected chi connectivity index (χ4v) is 4.45. The molecule has 1 aliphatic rings. The zero-order valence-electron chi connectivity index (χ0n) is 15.9. The van der Waals surface area contributed by atoms with Gasteiger partial charge < -0.3 is 9.67 Å². The maximum Gasteiger partial charge on any atom is 0.179 e. The van der Waals surface area contributed by atoms with Crippen LogP contribution in [0.15, 0.2) is 22.7 Å². The van der Waals surface area contributed by atoms with Crippen LogP contribution in [0.1, 0.15) is 45.8 Å². The van der Waals surface area contributed by atoms with E-state index in [0.717, 1.165) is 50.9 Å². The molecule has 0 amide bonds. The molecule has 0 aliphatic heterocycles. The van der Waals surface area contributed by atoms with E-state index >= 15 is 0 Å². The molecule has 0 saturated heterocycles. The summed E-state index contributed by atoms with van der Waals surface area (Å²) in [6, 6.07) is 6.30. The molecular formula is C21H24BrN3O2. The van der Waals surface area contributed by atoms with Crippen molar-refractivity contribution in [1.29, 1.82) is 0 Å². The number of rotatable bonds is 4. The number of halogens is 1. The lowest BCUT2D eigenvalue weighted by Crippen LogP contribution is -2.26. The molecule has 2 aromatic heterocycles. The van der Waals surface area contributed by atoms with Crippen LogP contribution >= 0.6 is 15.9 Å². The van der Waals surface area contributed by atoms with E-state index in [2.05, 4.69) is 46.2 Å². The number of Topliss-reactive ketones (excluding diaryl/α,β-unsaturated/α-hetero) is 1. The van der Waals surface area contributed by atoms with E-state index in [1.165, 1.54) is 5.56 Å². The van der Waals surface area contributed by atoms with Crippen molar-refractivity contribution in [1.82, 2.24) is 14.3 Å². The standard InChI is InChI=1S/C21H24BrN3O2/c1-12-7-8-18-17(9-12)16-5-4-6-19(27)21(16)24(18)10-15(26)11-25-14(3)20(22)13(2)23-25/h7-9,15,26H,4-6,10-11H2,1-3H3. The quantitative estimate of drug-likeness (QED) is 0.678. The average molecular weight is 430 g/mol. The summed E-state index contributed by atoms with van der Waals surface area (Å²) in [6.07, 6.45) is 1.78. The smallest absolute Gasteiger partial charge is 0.179 e. The number of hydrogen-bond acceptors (Lipinski definition) is 3. The topological polar surface area (TPSA) is 60.1 Å². The molecular weight excluding hydrogens is 406 g/mol. The van der Waals surface area contributed by atoms with Gasteiger partial charge in [0.15, 0.2) is 5.78 Å². The monoisotopic (exact) mass is 429 g/mol. The molecule has 0 fully saturated rings. The van der Waals surface area contributed by atoms with Gasteiger partial charge in [0.25, 0.3) is 0 Å². The largest absolute Gasteiger partial charge is 0.389 e. The molecule has 4 rings (SSSR count). The van der Waals surface area contributed by atoms with Crippen LogP contribution in [0.5, 0.6) is 0 Å². The predicted octanol–water partition coefficient (Wildman–Crippen LogP) is 4.11. The first-order valence-electron chi connectivity index (χ1n) is 9.39. The minimum Gasteiger partial charge on any atom is -0.389 e. The third kappa shape index (κ3) is 3.15. The van der Waals surface area contributed by atoms with Crippen LogP contribution in [0.3, 0.4) is 0 Å². The first-order chi connectivity index (χ1) is 12.9. The summed E-state index contributed by atoms with van der Waals surface area (Å²) in [5.41, 5.74) is 6.07. The third-order valence-corrected chi connectivity index (χ3v) is 6.64. The Bertz CT molecular complexity index is 1050. The predicted molar refractivity (Wildman–Crippen MR) is 109 cm³/mol. The Labute approximate surface area is 167 Å². The zero-order valence-corrected chi connectivity index (χ0v) is 17.5. The summed E-state index contributed by atoms with van der Waals surface area (Å²) in [7, 11) is 0. The fourth-order valence-electron chi connectivity index (χ4n) is 4.16. The molecule has 0 spiro atoms. The number of carbonyl (C=O) groups excluding carboxylic acids is 1. The van der Waals surface area contributed by atoms with Gasteiger partial charge in [0, 0.05) is 23.0 Å². The summed E-state index contributed by atoms with van der Waals surface area (Å²) in [5, 5.41) is 16.4. The van der Waals surface area contributed by atoms with Crippen molar-refractivity contribution < 1.29 is 9.90 Å². The van der Waals surface area contributed by atoms with Gasteiger partial charge >= 0.3 is 0 Å². The molecule has 0 bridgehead atoms. The lowest BCUT2D eigenvalue weighted by atomic mass is 9.94. The third-order valence-electron chi connectivity index (χ3n) is 5.49. The number of nitrogens with zero attached hydrogens (tertiary/aromatic N) is 3. The number of fused-ring (bicyclic) bond motifs is 3. The van der Waals surface area contributed by atoms with Crippen LogP contribution in [0.2, 0.25) is 0 Å². The van der Waals surface area contributed by atoms with Gasteiger partial charge in [-0.05, 0) is 67.2 Å². The Morgan fingerprint density at radius 2 is 2.00 bits per heavy atom. The number of hydrogen-bond donors (Lipinski definition) is 1. The summed E-state index contributed by atoms with van der Waals surface area (Å²) in [5.74, 6) is 0.186.